The third-order valence-electron chi connectivity index (χ3n) is 2.97. The number of aromatic nitrogens is 1. The Morgan fingerprint density at radius 3 is 2.71 bits per heavy atom. The number of likely N-dealkylation sites (tertiary alicyclic amines) is 1. The molecule has 0 amide bonds. The Morgan fingerprint density at radius 2 is 2.18 bits per heavy atom. The molecule has 2 rings (SSSR count). The summed E-state index contributed by atoms with van der Waals surface area (Å²) in [6.07, 6.45) is 4.03. The first-order chi connectivity index (χ1) is 8.15. The number of ether oxygens (including phenoxy) is 1. The molecule has 92 valence electrons. The second-order valence-corrected chi connectivity index (χ2v) is 4.81. The van der Waals surface area contributed by atoms with Crippen molar-refractivity contribution in [1.82, 2.24) is 9.88 Å². The fraction of sp³-hybridized carbons (Fsp3) is 0.500. The second-order valence-electron chi connectivity index (χ2n) is 4.37. The van der Waals surface area contributed by atoms with Crippen LogP contribution in [0.5, 0.6) is 5.88 Å². The van der Waals surface area contributed by atoms with Crippen LogP contribution in [0.3, 0.4) is 0 Å². The maximum absolute atomic E-state index is 5.82. The highest BCUT2D eigenvalue weighted by Gasteiger charge is 2.18. The van der Waals surface area contributed by atoms with Gasteiger partial charge in [-0.15, -0.1) is 0 Å². The number of piperidine rings is 1. The van der Waals surface area contributed by atoms with E-state index in [0.717, 1.165) is 31.5 Å². The molecular weight excluding hydrogens is 234 g/mol. The molecule has 0 unspecified atom stereocenters. The molecule has 0 spiro atoms. The topological polar surface area (TPSA) is 51.4 Å². The molecule has 0 aliphatic carbocycles. The molecular formula is C12H17N3OS. The largest absolute Gasteiger partial charge is 0.474 e. The van der Waals surface area contributed by atoms with Crippen molar-refractivity contribution in [2.75, 3.05) is 20.1 Å². The minimum Gasteiger partial charge on any atom is -0.474 e. The highest BCUT2D eigenvalue weighted by atomic mass is 32.1. The minimum atomic E-state index is 0.273. The zero-order valence-electron chi connectivity index (χ0n) is 9.93. The summed E-state index contributed by atoms with van der Waals surface area (Å²) in [7, 11) is 2.13. The van der Waals surface area contributed by atoms with Crippen LogP contribution in [0.1, 0.15) is 18.4 Å². The average Bonchev–Trinajstić information content (AvgIpc) is 2.33. The third-order valence-corrected chi connectivity index (χ3v) is 3.21. The van der Waals surface area contributed by atoms with Crippen LogP contribution in [0.2, 0.25) is 0 Å². The summed E-state index contributed by atoms with van der Waals surface area (Å²) >= 11 is 4.87. The Hall–Kier alpha value is -1.20. The first-order valence-corrected chi connectivity index (χ1v) is 6.17. The number of hydrogen-bond acceptors (Lipinski definition) is 4. The van der Waals surface area contributed by atoms with E-state index in [1.165, 1.54) is 0 Å². The lowest BCUT2D eigenvalue weighted by Crippen LogP contribution is -2.35. The van der Waals surface area contributed by atoms with Crippen molar-refractivity contribution in [3.05, 3.63) is 23.9 Å². The summed E-state index contributed by atoms with van der Waals surface area (Å²) in [4.78, 5) is 6.88. The summed E-state index contributed by atoms with van der Waals surface area (Å²) in [6.45, 7) is 2.16. The van der Waals surface area contributed by atoms with E-state index in [2.05, 4.69) is 16.9 Å². The molecule has 0 saturated carbocycles. The van der Waals surface area contributed by atoms with Crippen molar-refractivity contribution in [2.45, 2.75) is 18.9 Å². The molecule has 1 fully saturated rings. The van der Waals surface area contributed by atoms with Crippen LogP contribution in [0.25, 0.3) is 0 Å². The fourth-order valence-electron chi connectivity index (χ4n) is 1.87. The van der Waals surface area contributed by atoms with E-state index < -0.39 is 0 Å². The van der Waals surface area contributed by atoms with E-state index in [1.807, 2.05) is 12.1 Å². The van der Waals surface area contributed by atoms with Gasteiger partial charge >= 0.3 is 0 Å². The van der Waals surface area contributed by atoms with Gasteiger partial charge in [0.05, 0.1) is 0 Å². The van der Waals surface area contributed by atoms with Gasteiger partial charge in [-0.3, -0.25) is 0 Å². The molecule has 1 aliphatic rings. The van der Waals surface area contributed by atoms with Crippen LogP contribution < -0.4 is 10.5 Å². The van der Waals surface area contributed by atoms with Crippen LogP contribution in [0.4, 0.5) is 0 Å². The number of nitrogens with zero attached hydrogens (tertiary/aromatic N) is 2. The normalized spacial score (nSPS) is 17.9. The molecule has 0 bridgehead atoms. The molecule has 0 atom stereocenters. The van der Waals surface area contributed by atoms with E-state index >= 15 is 0 Å². The first kappa shape index (κ1) is 12.3. The Labute approximate surface area is 107 Å². The maximum Gasteiger partial charge on any atom is 0.213 e. The summed E-state index contributed by atoms with van der Waals surface area (Å²) in [5.41, 5.74) is 6.28. The van der Waals surface area contributed by atoms with Crippen molar-refractivity contribution in [1.29, 1.82) is 0 Å². The maximum atomic E-state index is 5.82. The summed E-state index contributed by atoms with van der Waals surface area (Å²) in [5, 5.41) is 0. The quantitative estimate of drug-likeness (QED) is 0.818. The van der Waals surface area contributed by atoms with Gasteiger partial charge in [0.1, 0.15) is 11.1 Å². The van der Waals surface area contributed by atoms with Gasteiger partial charge < -0.3 is 15.4 Å². The summed E-state index contributed by atoms with van der Waals surface area (Å²) in [6, 6.07) is 3.67. The Morgan fingerprint density at radius 1 is 1.47 bits per heavy atom. The van der Waals surface area contributed by atoms with Crippen LogP contribution in [0.15, 0.2) is 18.3 Å². The number of nitrogens with two attached hydrogens (primary N) is 1. The van der Waals surface area contributed by atoms with E-state index in [1.54, 1.807) is 6.20 Å². The lowest BCUT2D eigenvalue weighted by molar-refractivity contribution is 0.110. The summed E-state index contributed by atoms with van der Waals surface area (Å²) in [5.74, 6) is 0.652. The first-order valence-electron chi connectivity index (χ1n) is 5.76. The molecule has 17 heavy (non-hydrogen) atoms. The zero-order valence-corrected chi connectivity index (χ0v) is 10.7. The van der Waals surface area contributed by atoms with E-state index in [4.69, 9.17) is 22.7 Å². The van der Waals surface area contributed by atoms with Gasteiger partial charge in [0.25, 0.3) is 0 Å². The van der Waals surface area contributed by atoms with Crippen LogP contribution in [0, 0.1) is 0 Å². The minimum absolute atomic E-state index is 0.273. The predicted octanol–water partition coefficient (Wildman–Crippen LogP) is 1.19. The number of rotatable bonds is 3. The predicted molar refractivity (Wildman–Crippen MR) is 71.3 cm³/mol. The molecule has 2 N–H and O–H groups in total. The van der Waals surface area contributed by atoms with Gasteiger partial charge in [0.2, 0.25) is 5.88 Å². The van der Waals surface area contributed by atoms with Crippen LogP contribution >= 0.6 is 12.2 Å². The van der Waals surface area contributed by atoms with E-state index in [9.17, 15) is 0 Å². The van der Waals surface area contributed by atoms with Crippen molar-refractivity contribution in [3.8, 4) is 5.88 Å². The van der Waals surface area contributed by atoms with Crippen molar-refractivity contribution in [3.63, 3.8) is 0 Å². The molecule has 2 heterocycles. The van der Waals surface area contributed by atoms with Gasteiger partial charge in [-0.1, -0.05) is 12.2 Å². The van der Waals surface area contributed by atoms with Crippen molar-refractivity contribution in [2.24, 2.45) is 5.73 Å². The Bertz CT molecular complexity index is 385. The highest BCUT2D eigenvalue weighted by molar-refractivity contribution is 7.80. The highest BCUT2D eigenvalue weighted by Crippen LogP contribution is 2.16. The molecule has 0 radical (unpaired) electrons. The second kappa shape index (κ2) is 5.42. The van der Waals surface area contributed by atoms with Crippen molar-refractivity contribution >= 4 is 17.2 Å². The molecule has 4 nitrogen and oxygen atoms in total. The molecule has 1 aromatic rings. The molecule has 1 saturated heterocycles. The van der Waals surface area contributed by atoms with Gasteiger partial charge in [0.15, 0.2) is 0 Å². The number of thiocarbonyl (C=S) groups is 1. The molecule has 1 aromatic heterocycles. The van der Waals surface area contributed by atoms with Gasteiger partial charge in [-0.05, 0) is 26.0 Å². The average molecular weight is 251 g/mol. The van der Waals surface area contributed by atoms with Crippen molar-refractivity contribution < 1.29 is 4.74 Å². The SMILES string of the molecule is CN1CCC(Oc2ccc(C(N)=S)cn2)CC1. The van der Waals surface area contributed by atoms with Gasteiger partial charge in [-0.25, -0.2) is 4.98 Å². The number of pyridine rings is 1. The zero-order chi connectivity index (χ0) is 12.3. The van der Waals surface area contributed by atoms with Gasteiger partial charge in [-0.2, -0.15) is 0 Å². The summed E-state index contributed by atoms with van der Waals surface area (Å²) < 4.78 is 5.82. The molecule has 0 aromatic carbocycles. The molecule has 1 aliphatic heterocycles. The molecule has 5 heteroatoms. The van der Waals surface area contributed by atoms with E-state index in [0.29, 0.717) is 10.9 Å². The van der Waals surface area contributed by atoms with Crippen LogP contribution in [-0.4, -0.2) is 41.1 Å². The Kier molecular flexibility index (Phi) is 3.91. The van der Waals surface area contributed by atoms with E-state index in [-0.39, 0.29) is 6.10 Å². The number of hydrogen-bond donors (Lipinski definition) is 1. The van der Waals surface area contributed by atoms with Gasteiger partial charge in [0, 0.05) is 30.9 Å². The monoisotopic (exact) mass is 251 g/mol. The smallest absolute Gasteiger partial charge is 0.213 e. The third kappa shape index (κ3) is 3.38. The fourth-order valence-corrected chi connectivity index (χ4v) is 1.99. The van der Waals surface area contributed by atoms with Crippen LogP contribution in [-0.2, 0) is 0 Å². The Balaban J connectivity index is 1.92. The lowest BCUT2D eigenvalue weighted by Gasteiger charge is -2.28. The lowest BCUT2D eigenvalue weighted by atomic mass is 10.1. The standard InChI is InChI=1S/C12H17N3OS/c1-15-6-4-10(5-7-15)16-11-3-2-9(8-14-11)12(13)17/h2-3,8,10H,4-7H2,1H3,(H2,13,17).